The van der Waals surface area contributed by atoms with Crippen molar-refractivity contribution in [3.05, 3.63) is 57.9 Å². The zero-order valence-electron chi connectivity index (χ0n) is 13.3. The normalized spacial score (nSPS) is 19.8. The second-order valence-corrected chi connectivity index (χ2v) is 5.49. The van der Waals surface area contributed by atoms with Gasteiger partial charge in [0.15, 0.2) is 24.2 Å². The molecule has 0 spiro atoms. The van der Waals surface area contributed by atoms with Crippen molar-refractivity contribution in [3.8, 4) is 0 Å². The number of aliphatic hydroxyl groups is 1. The first-order valence-electron chi connectivity index (χ1n) is 7.52. The minimum absolute atomic E-state index is 0.0265. The van der Waals surface area contributed by atoms with E-state index in [9.17, 15) is 14.0 Å². The second kappa shape index (κ2) is 7.09. The number of aryl methyl sites for hydroxylation is 1. The average molecular weight is 349 g/mol. The third kappa shape index (κ3) is 3.73. The smallest absolute Gasteiger partial charge is 0.351 e. The SMILES string of the molecule is Cc1cccc(C(=O)Nc2nc(=O)n(C3COC(CO)O3)cc2F)c1. The summed E-state index contributed by atoms with van der Waals surface area (Å²) >= 11 is 0. The van der Waals surface area contributed by atoms with Crippen LogP contribution in [0.3, 0.4) is 0 Å². The van der Waals surface area contributed by atoms with Crippen LogP contribution in [0, 0.1) is 12.7 Å². The number of rotatable bonds is 4. The van der Waals surface area contributed by atoms with E-state index >= 15 is 0 Å². The first kappa shape index (κ1) is 17.2. The summed E-state index contributed by atoms with van der Waals surface area (Å²) in [6, 6.07) is 6.72. The number of carbonyl (C=O) groups excluding carboxylic acids is 1. The van der Waals surface area contributed by atoms with Crippen molar-refractivity contribution in [1.29, 1.82) is 0 Å². The molecule has 1 aliphatic rings. The molecular formula is C16H16FN3O5. The number of carbonyl (C=O) groups is 1. The van der Waals surface area contributed by atoms with E-state index in [4.69, 9.17) is 14.6 Å². The van der Waals surface area contributed by atoms with Crippen LogP contribution in [0.4, 0.5) is 10.2 Å². The van der Waals surface area contributed by atoms with Gasteiger partial charge in [-0.2, -0.15) is 4.98 Å². The fraction of sp³-hybridized carbons (Fsp3) is 0.312. The molecule has 0 aliphatic carbocycles. The molecule has 1 amide bonds. The fourth-order valence-electron chi connectivity index (χ4n) is 2.39. The van der Waals surface area contributed by atoms with Crippen LogP contribution in [0.15, 0.2) is 35.3 Å². The molecule has 1 aromatic heterocycles. The molecule has 3 rings (SSSR count). The number of ether oxygens (including phenoxy) is 2. The molecular weight excluding hydrogens is 333 g/mol. The Kier molecular flexibility index (Phi) is 4.88. The quantitative estimate of drug-likeness (QED) is 0.847. The van der Waals surface area contributed by atoms with E-state index < -0.39 is 35.7 Å². The average Bonchev–Trinajstić information content (AvgIpc) is 3.06. The Morgan fingerprint density at radius 1 is 1.52 bits per heavy atom. The van der Waals surface area contributed by atoms with Gasteiger partial charge in [0.25, 0.3) is 5.91 Å². The molecule has 8 nitrogen and oxygen atoms in total. The molecule has 9 heteroatoms. The van der Waals surface area contributed by atoms with Crippen LogP contribution in [0.1, 0.15) is 22.1 Å². The van der Waals surface area contributed by atoms with E-state index in [0.29, 0.717) is 5.56 Å². The lowest BCUT2D eigenvalue weighted by Gasteiger charge is -2.13. The summed E-state index contributed by atoms with van der Waals surface area (Å²) in [5, 5.41) is 11.2. The molecule has 25 heavy (non-hydrogen) atoms. The Morgan fingerprint density at radius 2 is 2.32 bits per heavy atom. The highest BCUT2D eigenvalue weighted by molar-refractivity contribution is 6.03. The van der Waals surface area contributed by atoms with Crippen LogP contribution in [0.2, 0.25) is 0 Å². The highest BCUT2D eigenvalue weighted by Gasteiger charge is 2.28. The second-order valence-electron chi connectivity index (χ2n) is 5.49. The van der Waals surface area contributed by atoms with Crippen molar-refractivity contribution in [2.45, 2.75) is 19.4 Å². The lowest BCUT2D eigenvalue weighted by Crippen LogP contribution is -2.30. The summed E-state index contributed by atoms with van der Waals surface area (Å²) in [4.78, 5) is 27.8. The molecule has 0 bridgehead atoms. The number of anilines is 1. The van der Waals surface area contributed by atoms with Gasteiger partial charge in [-0.15, -0.1) is 0 Å². The van der Waals surface area contributed by atoms with Crippen molar-refractivity contribution < 1.29 is 23.8 Å². The Bertz CT molecular complexity index is 854. The maximum Gasteiger partial charge on any atom is 0.351 e. The summed E-state index contributed by atoms with van der Waals surface area (Å²) in [5.41, 5.74) is 0.380. The van der Waals surface area contributed by atoms with Gasteiger partial charge in [0.05, 0.1) is 19.4 Å². The molecule has 1 aromatic carbocycles. The Morgan fingerprint density at radius 3 is 3.00 bits per heavy atom. The molecule has 2 unspecified atom stereocenters. The molecule has 2 atom stereocenters. The Hall–Kier alpha value is -2.62. The van der Waals surface area contributed by atoms with Gasteiger partial charge in [-0.3, -0.25) is 9.36 Å². The third-order valence-corrected chi connectivity index (χ3v) is 3.61. The highest BCUT2D eigenvalue weighted by atomic mass is 19.1. The van der Waals surface area contributed by atoms with Crippen LogP contribution in [-0.4, -0.2) is 40.1 Å². The predicted molar refractivity (Wildman–Crippen MR) is 84.5 cm³/mol. The van der Waals surface area contributed by atoms with Crippen molar-refractivity contribution in [2.75, 3.05) is 18.5 Å². The molecule has 2 aromatic rings. The minimum Gasteiger partial charge on any atom is -0.391 e. The van der Waals surface area contributed by atoms with Gasteiger partial charge >= 0.3 is 5.69 Å². The molecule has 2 N–H and O–H groups in total. The van der Waals surface area contributed by atoms with E-state index in [1.165, 1.54) is 0 Å². The van der Waals surface area contributed by atoms with Gasteiger partial charge in [0.2, 0.25) is 0 Å². The van der Waals surface area contributed by atoms with Crippen molar-refractivity contribution in [2.24, 2.45) is 0 Å². The topological polar surface area (TPSA) is 103 Å². The molecule has 1 fully saturated rings. The molecule has 2 heterocycles. The molecule has 0 saturated carbocycles. The highest BCUT2D eigenvalue weighted by Crippen LogP contribution is 2.20. The lowest BCUT2D eigenvalue weighted by molar-refractivity contribution is -0.0993. The zero-order chi connectivity index (χ0) is 18.0. The molecule has 132 valence electrons. The van der Waals surface area contributed by atoms with Gasteiger partial charge in [-0.05, 0) is 19.1 Å². The van der Waals surface area contributed by atoms with E-state index in [1.54, 1.807) is 18.2 Å². The number of benzene rings is 1. The van der Waals surface area contributed by atoms with Gasteiger partial charge < -0.3 is 19.9 Å². The number of hydrogen-bond acceptors (Lipinski definition) is 6. The van der Waals surface area contributed by atoms with E-state index in [-0.39, 0.29) is 13.2 Å². The largest absolute Gasteiger partial charge is 0.391 e. The Labute approximate surface area is 141 Å². The summed E-state index contributed by atoms with van der Waals surface area (Å²) < 4.78 is 25.5. The van der Waals surface area contributed by atoms with Gasteiger partial charge in [-0.25, -0.2) is 9.18 Å². The molecule has 1 aliphatic heterocycles. The number of hydrogen-bond donors (Lipinski definition) is 2. The van der Waals surface area contributed by atoms with E-state index in [2.05, 4.69) is 10.3 Å². The van der Waals surface area contributed by atoms with Crippen LogP contribution < -0.4 is 11.0 Å². The van der Waals surface area contributed by atoms with Gasteiger partial charge in [0, 0.05) is 5.56 Å². The zero-order valence-corrected chi connectivity index (χ0v) is 13.3. The predicted octanol–water partition coefficient (Wildman–Crippen LogP) is 0.807. The monoisotopic (exact) mass is 349 g/mol. The van der Waals surface area contributed by atoms with Gasteiger partial charge in [-0.1, -0.05) is 17.7 Å². The van der Waals surface area contributed by atoms with Crippen LogP contribution >= 0.6 is 0 Å². The first-order chi connectivity index (χ1) is 12.0. The summed E-state index contributed by atoms with van der Waals surface area (Å²) in [6.07, 6.45) is -0.886. The maximum atomic E-state index is 14.2. The summed E-state index contributed by atoms with van der Waals surface area (Å²) in [5.74, 6) is -1.94. The van der Waals surface area contributed by atoms with E-state index in [0.717, 1.165) is 16.3 Å². The fourth-order valence-corrected chi connectivity index (χ4v) is 2.39. The van der Waals surface area contributed by atoms with Crippen LogP contribution in [-0.2, 0) is 9.47 Å². The van der Waals surface area contributed by atoms with Gasteiger partial charge in [0.1, 0.15) is 0 Å². The number of nitrogens with zero attached hydrogens (tertiary/aromatic N) is 2. The van der Waals surface area contributed by atoms with Crippen LogP contribution in [0.25, 0.3) is 0 Å². The number of aliphatic hydroxyl groups excluding tert-OH is 1. The lowest BCUT2D eigenvalue weighted by atomic mass is 10.1. The first-order valence-corrected chi connectivity index (χ1v) is 7.52. The van der Waals surface area contributed by atoms with E-state index in [1.807, 2.05) is 13.0 Å². The third-order valence-electron chi connectivity index (χ3n) is 3.61. The number of aromatic nitrogens is 2. The summed E-state index contributed by atoms with van der Waals surface area (Å²) in [7, 11) is 0. The maximum absolute atomic E-state index is 14.2. The molecule has 0 radical (unpaired) electrons. The number of amides is 1. The number of nitrogens with one attached hydrogen (secondary N) is 1. The molecule has 1 saturated heterocycles. The Balaban J connectivity index is 1.81. The summed E-state index contributed by atoms with van der Waals surface area (Å²) in [6.45, 7) is 1.41. The minimum atomic E-state index is -0.895. The standard InChI is InChI=1S/C16H16FN3O5/c1-9-3-2-4-10(5-9)15(22)18-14-11(17)6-20(16(23)19-14)12-8-24-13(7-21)25-12/h2-6,12-13,21H,7-8H2,1H3,(H,18,19,22,23). The van der Waals surface area contributed by atoms with Crippen molar-refractivity contribution in [3.63, 3.8) is 0 Å². The number of halogens is 1. The van der Waals surface area contributed by atoms with Crippen molar-refractivity contribution >= 4 is 11.7 Å². The van der Waals surface area contributed by atoms with Crippen molar-refractivity contribution in [1.82, 2.24) is 9.55 Å². The van der Waals surface area contributed by atoms with Crippen LogP contribution in [0.5, 0.6) is 0 Å².